The molecule has 1 aliphatic rings. The van der Waals surface area contributed by atoms with Crippen LogP contribution >= 0.6 is 11.6 Å². The largest absolute Gasteiger partial charge is 0.300 e. The van der Waals surface area contributed by atoms with Crippen LogP contribution in [0.15, 0.2) is 48.5 Å². The molecule has 0 unspecified atom stereocenters. The number of fused-ring (bicyclic) bond motifs is 1. The van der Waals surface area contributed by atoms with Gasteiger partial charge in [0, 0.05) is 0 Å². The maximum atomic E-state index is 12.0. The molecule has 2 aromatic rings. The highest BCUT2D eigenvalue weighted by atomic mass is 35.5. The highest BCUT2D eigenvalue weighted by Gasteiger charge is 2.37. The van der Waals surface area contributed by atoms with Crippen molar-refractivity contribution in [2.45, 2.75) is 6.54 Å². The lowest BCUT2D eigenvalue weighted by molar-refractivity contribution is -0.114. The Labute approximate surface area is 115 Å². The van der Waals surface area contributed by atoms with E-state index in [0.717, 1.165) is 5.56 Å². The van der Waals surface area contributed by atoms with E-state index in [1.54, 1.807) is 18.2 Å². The average molecular weight is 272 g/mol. The molecule has 3 rings (SSSR count). The van der Waals surface area contributed by atoms with Crippen LogP contribution in [-0.2, 0) is 11.3 Å². The van der Waals surface area contributed by atoms with Gasteiger partial charge in [0.05, 0.1) is 22.8 Å². The normalized spacial score (nSPS) is 13.8. The van der Waals surface area contributed by atoms with Crippen LogP contribution in [0.3, 0.4) is 0 Å². The lowest BCUT2D eigenvalue weighted by atomic mass is 10.1. The highest BCUT2D eigenvalue weighted by Crippen LogP contribution is 2.34. The molecule has 0 aliphatic carbocycles. The van der Waals surface area contributed by atoms with E-state index < -0.39 is 11.7 Å². The summed E-state index contributed by atoms with van der Waals surface area (Å²) in [4.78, 5) is 25.5. The summed E-state index contributed by atoms with van der Waals surface area (Å²) in [7, 11) is 0. The van der Waals surface area contributed by atoms with Gasteiger partial charge in [-0.3, -0.25) is 9.59 Å². The molecule has 1 heterocycles. The van der Waals surface area contributed by atoms with Gasteiger partial charge in [0.15, 0.2) is 0 Å². The van der Waals surface area contributed by atoms with Gasteiger partial charge in [-0.1, -0.05) is 48.0 Å². The van der Waals surface area contributed by atoms with E-state index in [1.165, 1.54) is 4.90 Å². The fraction of sp³-hybridized carbons (Fsp3) is 0.0667. The molecule has 0 aromatic heterocycles. The molecule has 0 atom stereocenters. The van der Waals surface area contributed by atoms with Crippen molar-refractivity contribution >= 4 is 29.0 Å². The van der Waals surface area contributed by atoms with Gasteiger partial charge in [0.2, 0.25) is 0 Å². The first kappa shape index (κ1) is 11.9. The molecule has 4 heteroatoms. The molecule has 0 bridgehead atoms. The van der Waals surface area contributed by atoms with Gasteiger partial charge in [-0.25, -0.2) is 0 Å². The third kappa shape index (κ3) is 1.92. The minimum absolute atomic E-state index is 0.310. The quantitative estimate of drug-likeness (QED) is 0.787. The summed E-state index contributed by atoms with van der Waals surface area (Å²) in [6.07, 6.45) is 0. The Kier molecular flexibility index (Phi) is 2.84. The van der Waals surface area contributed by atoms with Crippen LogP contribution in [0.5, 0.6) is 0 Å². The number of anilines is 1. The fourth-order valence-corrected chi connectivity index (χ4v) is 2.48. The first-order chi connectivity index (χ1) is 9.18. The Bertz CT molecular complexity index is 667. The Morgan fingerprint density at radius 2 is 1.68 bits per heavy atom. The monoisotopic (exact) mass is 271 g/mol. The van der Waals surface area contributed by atoms with Crippen LogP contribution in [-0.4, -0.2) is 11.7 Å². The molecule has 0 saturated carbocycles. The molecule has 0 radical (unpaired) electrons. The lowest BCUT2D eigenvalue weighted by Gasteiger charge is -2.16. The summed E-state index contributed by atoms with van der Waals surface area (Å²) in [6, 6.07) is 14.6. The number of hydrogen-bond acceptors (Lipinski definition) is 2. The van der Waals surface area contributed by atoms with Crippen molar-refractivity contribution in [3.05, 3.63) is 64.7 Å². The number of hydrogen-bond donors (Lipinski definition) is 0. The van der Waals surface area contributed by atoms with E-state index in [9.17, 15) is 9.59 Å². The number of benzene rings is 2. The molecular formula is C15H10ClNO2. The van der Waals surface area contributed by atoms with E-state index in [-0.39, 0.29) is 0 Å². The summed E-state index contributed by atoms with van der Waals surface area (Å²) >= 11 is 6.00. The van der Waals surface area contributed by atoms with Crippen molar-refractivity contribution in [1.82, 2.24) is 0 Å². The molecule has 2 aromatic carbocycles. The van der Waals surface area contributed by atoms with Gasteiger partial charge in [-0.15, -0.1) is 0 Å². The van der Waals surface area contributed by atoms with Crippen molar-refractivity contribution in [2.24, 2.45) is 0 Å². The molecule has 1 aliphatic heterocycles. The summed E-state index contributed by atoms with van der Waals surface area (Å²) in [5, 5.41) is 0.325. The van der Waals surface area contributed by atoms with Gasteiger partial charge < -0.3 is 4.90 Å². The zero-order valence-corrected chi connectivity index (χ0v) is 10.7. The standard InChI is InChI=1S/C15H10ClNO2/c16-11-7-4-8-12-13(11)14(18)15(19)17(12)9-10-5-2-1-3-6-10/h1-8H,9H2. The minimum Gasteiger partial charge on any atom is -0.300 e. The SMILES string of the molecule is O=C1C(=O)N(Cc2ccccc2)c2cccc(Cl)c21. The number of rotatable bonds is 2. The second kappa shape index (κ2) is 4.52. The predicted octanol–water partition coefficient (Wildman–Crippen LogP) is 3.07. The van der Waals surface area contributed by atoms with Crippen LogP contribution in [0.25, 0.3) is 0 Å². The van der Waals surface area contributed by atoms with E-state index >= 15 is 0 Å². The Morgan fingerprint density at radius 1 is 0.947 bits per heavy atom. The van der Waals surface area contributed by atoms with E-state index in [4.69, 9.17) is 11.6 Å². The lowest BCUT2D eigenvalue weighted by Crippen LogP contribution is -2.29. The first-order valence-electron chi connectivity index (χ1n) is 5.87. The number of ketones is 1. The van der Waals surface area contributed by atoms with Crippen LogP contribution in [0, 0.1) is 0 Å². The number of amides is 1. The van der Waals surface area contributed by atoms with Gasteiger partial charge in [0.25, 0.3) is 11.7 Å². The highest BCUT2D eigenvalue weighted by molar-refractivity contribution is 6.55. The first-order valence-corrected chi connectivity index (χ1v) is 6.25. The fourth-order valence-electron chi connectivity index (χ4n) is 2.22. The number of nitrogens with zero attached hydrogens (tertiary/aromatic N) is 1. The molecule has 0 spiro atoms. The van der Waals surface area contributed by atoms with Crippen LogP contribution < -0.4 is 4.90 Å². The predicted molar refractivity (Wildman–Crippen MR) is 73.4 cm³/mol. The number of Topliss-reactive ketones (excluding diaryl/α,β-unsaturated/α-hetero) is 1. The van der Waals surface area contributed by atoms with E-state index in [0.29, 0.717) is 22.8 Å². The second-order valence-electron chi connectivity index (χ2n) is 4.34. The topological polar surface area (TPSA) is 37.4 Å². The van der Waals surface area contributed by atoms with Crippen LogP contribution in [0.4, 0.5) is 5.69 Å². The molecule has 0 N–H and O–H groups in total. The Hall–Kier alpha value is -2.13. The van der Waals surface area contributed by atoms with Crippen molar-refractivity contribution < 1.29 is 9.59 Å². The van der Waals surface area contributed by atoms with E-state index in [2.05, 4.69) is 0 Å². The van der Waals surface area contributed by atoms with Crippen molar-refractivity contribution in [3.63, 3.8) is 0 Å². The maximum absolute atomic E-state index is 12.0. The number of carbonyl (C=O) groups excluding carboxylic acids is 2. The number of halogens is 1. The third-order valence-electron chi connectivity index (χ3n) is 3.13. The Morgan fingerprint density at radius 3 is 2.42 bits per heavy atom. The summed E-state index contributed by atoms with van der Waals surface area (Å²) in [5.41, 5.74) is 1.87. The molecule has 19 heavy (non-hydrogen) atoms. The van der Waals surface area contributed by atoms with Gasteiger partial charge in [0.1, 0.15) is 0 Å². The van der Waals surface area contributed by atoms with Crippen LogP contribution in [0.1, 0.15) is 15.9 Å². The van der Waals surface area contributed by atoms with Gasteiger partial charge in [-0.05, 0) is 17.7 Å². The summed E-state index contributed by atoms with van der Waals surface area (Å²) in [6.45, 7) is 0.374. The van der Waals surface area contributed by atoms with E-state index in [1.807, 2.05) is 30.3 Å². The zero-order valence-electron chi connectivity index (χ0n) is 9.97. The maximum Gasteiger partial charge on any atom is 0.299 e. The average Bonchev–Trinajstić information content (AvgIpc) is 2.66. The molecule has 1 amide bonds. The smallest absolute Gasteiger partial charge is 0.299 e. The number of carbonyl (C=O) groups is 2. The molecule has 3 nitrogen and oxygen atoms in total. The zero-order chi connectivity index (χ0) is 13.4. The summed E-state index contributed by atoms with van der Waals surface area (Å²) in [5.74, 6) is -1.05. The van der Waals surface area contributed by atoms with Crippen molar-refractivity contribution in [1.29, 1.82) is 0 Å². The van der Waals surface area contributed by atoms with Gasteiger partial charge >= 0.3 is 0 Å². The molecular weight excluding hydrogens is 262 g/mol. The minimum atomic E-state index is -0.531. The second-order valence-corrected chi connectivity index (χ2v) is 4.75. The van der Waals surface area contributed by atoms with Crippen molar-refractivity contribution in [2.75, 3.05) is 4.90 Å². The molecule has 0 fully saturated rings. The van der Waals surface area contributed by atoms with Crippen LogP contribution in [0.2, 0.25) is 5.02 Å². The Balaban J connectivity index is 2.03. The van der Waals surface area contributed by atoms with Crippen molar-refractivity contribution in [3.8, 4) is 0 Å². The molecule has 94 valence electrons. The summed E-state index contributed by atoms with van der Waals surface area (Å²) < 4.78 is 0. The third-order valence-corrected chi connectivity index (χ3v) is 3.45. The molecule has 0 saturated heterocycles. The van der Waals surface area contributed by atoms with Gasteiger partial charge in [-0.2, -0.15) is 0 Å².